The van der Waals surface area contributed by atoms with E-state index in [1.54, 1.807) is 36.2 Å². The number of hydrogen-bond acceptors (Lipinski definition) is 7. The summed E-state index contributed by atoms with van der Waals surface area (Å²) in [5, 5.41) is 2.72. The summed E-state index contributed by atoms with van der Waals surface area (Å²) >= 11 is 0. The first kappa shape index (κ1) is 20.4. The molecular weight excluding hydrogens is 376 g/mol. The van der Waals surface area contributed by atoms with Crippen LogP contribution in [0, 0.1) is 0 Å². The molecule has 1 saturated heterocycles. The van der Waals surface area contributed by atoms with Gasteiger partial charge < -0.3 is 24.3 Å². The van der Waals surface area contributed by atoms with Gasteiger partial charge in [-0.15, -0.1) is 0 Å². The Bertz CT molecular complexity index is 827. The van der Waals surface area contributed by atoms with Gasteiger partial charge in [-0.25, -0.2) is 4.98 Å². The first-order valence-electron chi connectivity index (χ1n) is 9.56. The molecule has 0 saturated carbocycles. The lowest BCUT2D eigenvalue weighted by Gasteiger charge is -2.35. The molecule has 0 bridgehead atoms. The fraction of sp³-hybridized carbons (Fsp3) is 0.400. The zero-order valence-corrected chi connectivity index (χ0v) is 16.3. The fourth-order valence-electron chi connectivity index (χ4n) is 3.03. The van der Waals surface area contributed by atoms with Gasteiger partial charge in [-0.3, -0.25) is 14.4 Å². The SMILES string of the molecule is CCOC(=O)CCC(=O)N1CCN(c2ccc(NC(=O)c3ccco3)cn2)CC1. The molecule has 0 atom stereocenters. The van der Waals surface area contributed by atoms with Crippen molar-refractivity contribution in [1.82, 2.24) is 9.88 Å². The number of carbonyl (C=O) groups is 3. The summed E-state index contributed by atoms with van der Waals surface area (Å²) in [4.78, 5) is 43.8. The summed E-state index contributed by atoms with van der Waals surface area (Å²) in [5.41, 5.74) is 0.572. The molecule has 1 aliphatic rings. The molecule has 3 heterocycles. The minimum atomic E-state index is -0.345. The van der Waals surface area contributed by atoms with Crippen LogP contribution in [-0.2, 0) is 14.3 Å². The molecule has 0 radical (unpaired) electrons. The van der Waals surface area contributed by atoms with Gasteiger partial charge in [0, 0.05) is 32.6 Å². The molecule has 2 aromatic rings. The van der Waals surface area contributed by atoms with E-state index in [4.69, 9.17) is 9.15 Å². The topological polar surface area (TPSA) is 105 Å². The number of piperazine rings is 1. The van der Waals surface area contributed by atoms with E-state index in [9.17, 15) is 14.4 Å². The average molecular weight is 400 g/mol. The van der Waals surface area contributed by atoms with Gasteiger partial charge in [0.1, 0.15) is 5.82 Å². The van der Waals surface area contributed by atoms with E-state index in [0.29, 0.717) is 38.5 Å². The van der Waals surface area contributed by atoms with E-state index in [1.165, 1.54) is 6.26 Å². The number of aromatic nitrogens is 1. The average Bonchev–Trinajstić information content (AvgIpc) is 3.28. The summed E-state index contributed by atoms with van der Waals surface area (Å²) in [7, 11) is 0. The number of hydrogen-bond donors (Lipinski definition) is 1. The van der Waals surface area contributed by atoms with Crippen LogP contribution in [0.4, 0.5) is 11.5 Å². The van der Waals surface area contributed by atoms with Gasteiger partial charge in [-0.05, 0) is 31.2 Å². The van der Waals surface area contributed by atoms with Crippen LogP contribution in [0.5, 0.6) is 0 Å². The van der Waals surface area contributed by atoms with Gasteiger partial charge in [0.2, 0.25) is 5.91 Å². The number of nitrogens with zero attached hydrogens (tertiary/aromatic N) is 3. The molecule has 0 aliphatic carbocycles. The van der Waals surface area contributed by atoms with Crippen molar-refractivity contribution in [2.45, 2.75) is 19.8 Å². The normalized spacial score (nSPS) is 13.8. The summed E-state index contributed by atoms with van der Waals surface area (Å²) in [6, 6.07) is 6.85. The van der Waals surface area contributed by atoms with Gasteiger partial charge in [0.15, 0.2) is 5.76 Å². The number of anilines is 2. The molecule has 154 valence electrons. The summed E-state index contributed by atoms with van der Waals surface area (Å²) in [6.07, 6.45) is 3.31. The van der Waals surface area contributed by atoms with Crippen molar-refractivity contribution in [1.29, 1.82) is 0 Å². The van der Waals surface area contributed by atoms with Crippen LogP contribution in [0.3, 0.4) is 0 Å². The molecule has 29 heavy (non-hydrogen) atoms. The maximum absolute atomic E-state index is 12.2. The van der Waals surface area contributed by atoms with Gasteiger partial charge in [-0.2, -0.15) is 0 Å². The highest BCUT2D eigenvalue weighted by Crippen LogP contribution is 2.17. The van der Waals surface area contributed by atoms with Crippen molar-refractivity contribution >= 4 is 29.3 Å². The van der Waals surface area contributed by atoms with Gasteiger partial charge in [-0.1, -0.05) is 0 Å². The Hall–Kier alpha value is -3.36. The summed E-state index contributed by atoms with van der Waals surface area (Å²) in [6.45, 7) is 4.50. The summed E-state index contributed by atoms with van der Waals surface area (Å²) in [5.74, 6) is 0.293. The molecule has 1 aliphatic heterocycles. The van der Waals surface area contributed by atoms with Crippen molar-refractivity contribution < 1.29 is 23.5 Å². The first-order chi connectivity index (χ1) is 14.1. The Morgan fingerprint density at radius 3 is 2.55 bits per heavy atom. The second-order valence-electron chi connectivity index (χ2n) is 6.51. The van der Waals surface area contributed by atoms with E-state index in [-0.39, 0.29) is 36.4 Å². The first-order valence-corrected chi connectivity index (χ1v) is 9.56. The molecule has 0 spiro atoms. The third-order valence-corrected chi connectivity index (χ3v) is 4.56. The standard InChI is InChI=1S/C20H24N4O5/c1-2-28-19(26)8-7-18(25)24-11-9-23(10-12-24)17-6-5-15(14-21-17)22-20(27)16-4-3-13-29-16/h3-6,13-14H,2,7-12H2,1H3,(H,22,27). The maximum Gasteiger partial charge on any atom is 0.306 e. The van der Waals surface area contributed by atoms with Crippen molar-refractivity contribution in [2.75, 3.05) is 43.0 Å². The predicted octanol–water partition coefficient (Wildman–Crippen LogP) is 1.92. The molecule has 9 nitrogen and oxygen atoms in total. The van der Waals surface area contributed by atoms with Gasteiger partial charge in [0.05, 0.1) is 31.2 Å². The maximum atomic E-state index is 12.2. The van der Waals surface area contributed by atoms with Crippen molar-refractivity contribution in [3.63, 3.8) is 0 Å². The molecule has 9 heteroatoms. The zero-order valence-electron chi connectivity index (χ0n) is 16.3. The highest BCUT2D eigenvalue weighted by atomic mass is 16.5. The quantitative estimate of drug-likeness (QED) is 0.708. The zero-order chi connectivity index (χ0) is 20.6. The molecule has 1 fully saturated rings. The lowest BCUT2D eigenvalue weighted by Crippen LogP contribution is -2.49. The van der Waals surface area contributed by atoms with Crippen molar-refractivity contribution in [3.05, 3.63) is 42.5 Å². The Balaban J connectivity index is 1.46. The number of furan rings is 1. The van der Waals surface area contributed by atoms with Crippen LogP contribution in [0.15, 0.2) is 41.1 Å². The van der Waals surface area contributed by atoms with E-state index < -0.39 is 0 Å². The third-order valence-electron chi connectivity index (χ3n) is 4.56. The van der Waals surface area contributed by atoms with E-state index in [0.717, 1.165) is 5.82 Å². The largest absolute Gasteiger partial charge is 0.466 e. The van der Waals surface area contributed by atoms with Crippen LogP contribution in [0.25, 0.3) is 0 Å². The van der Waals surface area contributed by atoms with Crippen LogP contribution in [-0.4, -0.2) is 60.5 Å². The minimum absolute atomic E-state index is 0.0401. The van der Waals surface area contributed by atoms with Crippen LogP contribution >= 0.6 is 0 Å². The van der Waals surface area contributed by atoms with E-state index in [2.05, 4.69) is 15.2 Å². The highest BCUT2D eigenvalue weighted by molar-refractivity contribution is 6.02. The lowest BCUT2D eigenvalue weighted by atomic mass is 10.2. The minimum Gasteiger partial charge on any atom is -0.466 e. The third kappa shape index (κ3) is 5.56. The number of amides is 2. The Kier molecular flexibility index (Phi) is 6.83. The molecule has 2 amide bonds. The van der Waals surface area contributed by atoms with Gasteiger partial charge in [0.25, 0.3) is 5.91 Å². The van der Waals surface area contributed by atoms with Crippen molar-refractivity contribution in [3.8, 4) is 0 Å². The molecule has 0 unspecified atom stereocenters. The number of ether oxygens (including phenoxy) is 1. The predicted molar refractivity (Wildman–Crippen MR) is 106 cm³/mol. The smallest absolute Gasteiger partial charge is 0.306 e. The highest BCUT2D eigenvalue weighted by Gasteiger charge is 2.22. The van der Waals surface area contributed by atoms with E-state index >= 15 is 0 Å². The number of nitrogens with one attached hydrogen (secondary N) is 1. The fourth-order valence-corrected chi connectivity index (χ4v) is 3.03. The van der Waals surface area contributed by atoms with E-state index in [1.807, 2.05) is 6.07 Å². The lowest BCUT2D eigenvalue weighted by molar-refractivity contribution is -0.145. The molecule has 1 N–H and O–H groups in total. The molecule has 3 rings (SSSR count). The van der Waals surface area contributed by atoms with Crippen LogP contribution in [0.1, 0.15) is 30.3 Å². The number of rotatable bonds is 7. The van der Waals surface area contributed by atoms with Crippen LogP contribution in [0.2, 0.25) is 0 Å². The second kappa shape index (κ2) is 9.72. The number of carbonyl (C=O) groups excluding carboxylic acids is 3. The summed E-state index contributed by atoms with van der Waals surface area (Å²) < 4.78 is 9.91. The molecule has 0 aromatic carbocycles. The Labute approximate surface area is 168 Å². The van der Waals surface area contributed by atoms with Crippen molar-refractivity contribution in [2.24, 2.45) is 0 Å². The number of pyridine rings is 1. The Morgan fingerprint density at radius 1 is 1.14 bits per heavy atom. The monoisotopic (exact) mass is 400 g/mol. The van der Waals surface area contributed by atoms with Crippen LogP contribution < -0.4 is 10.2 Å². The van der Waals surface area contributed by atoms with Gasteiger partial charge >= 0.3 is 5.97 Å². The Morgan fingerprint density at radius 2 is 1.93 bits per heavy atom. The molecular formula is C20H24N4O5. The molecule has 2 aromatic heterocycles. The second-order valence-corrected chi connectivity index (χ2v) is 6.51. The number of esters is 1.